The number of hydrogen-bond donors (Lipinski definition) is 0. The van der Waals surface area contributed by atoms with Gasteiger partial charge in [-0.05, 0) is 12.5 Å². The molecule has 0 bridgehead atoms. The quantitative estimate of drug-likeness (QED) is 0.836. The molecule has 0 spiro atoms. The standard InChI is InChI=1S/C14H18F3N3O3/c1-19-10(3-5-18-19)11-9(4-6-23-11)12(21)20-7-13(8-20,22-2)14(15,16)17/h3,5,9,11H,4,6-8H2,1-2H3/t9-,11-/m1/s1. The number of aromatic nitrogens is 2. The summed E-state index contributed by atoms with van der Waals surface area (Å²) in [6.45, 7) is -0.546. The van der Waals surface area contributed by atoms with E-state index in [4.69, 9.17) is 4.74 Å². The summed E-state index contributed by atoms with van der Waals surface area (Å²) < 4.78 is 50.9. The van der Waals surface area contributed by atoms with Crippen LogP contribution in [0.3, 0.4) is 0 Å². The third-order valence-electron chi connectivity index (χ3n) is 4.67. The fourth-order valence-corrected chi connectivity index (χ4v) is 3.18. The van der Waals surface area contributed by atoms with Crippen LogP contribution in [-0.2, 0) is 21.3 Å². The molecule has 1 amide bonds. The second-order valence-electron chi connectivity index (χ2n) is 5.96. The third-order valence-corrected chi connectivity index (χ3v) is 4.67. The molecule has 1 aromatic rings. The molecule has 1 aromatic heterocycles. The van der Waals surface area contributed by atoms with Crippen molar-refractivity contribution in [3.05, 3.63) is 18.0 Å². The smallest absolute Gasteiger partial charge is 0.371 e. The molecule has 0 saturated carbocycles. The van der Waals surface area contributed by atoms with E-state index in [-0.39, 0.29) is 5.91 Å². The first-order valence-electron chi connectivity index (χ1n) is 7.29. The highest BCUT2D eigenvalue weighted by Crippen LogP contribution is 2.43. The average molecular weight is 333 g/mol. The SMILES string of the molecule is COC1(C(F)(F)F)CN(C(=O)[C@@H]2CCO[C@H]2c2ccnn2C)C1. The Bertz CT molecular complexity index is 596. The summed E-state index contributed by atoms with van der Waals surface area (Å²) in [5.74, 6) is -0.820. The van der Waals surface area contributed by atoms with Gasteiger partial charge >= 0.3 is 6.18 Å². The summed E-state index contributed by atoms with van der Waals surface area (Å²) in [5, 5.41) is 4.05. The van der Waals surface area contributed by atoms with Crippen molar-refractivity contribution >= 4 is 5.91 Å². The van der Waals surface area contributed by atoms with Crippen molar-refractivity contribution in [2.45, 2.75) is 24.3 Å². The highest BCUT2D eigenvalue weighted by atomic mass is 19.4. The summed E-state index contributed by atoms with van der Waals surface area (Å²) in [7, 11) is 2.76. The molecule has 3 heterocycles. The maximum absolute atomic E-state index is 13.0. The van der Waals surface area contributed by atoms with Crippen molar-refractivity contribution in [1.29, 1.82) is 0 Å². The molecule has 3 rings (SSSR count). The first-order chi connectivity index (χ1) is 10.8. The van der Waals surface area contributed by atoms with Crippen molar-refractivity contribution < 1.29 is 27.4 Å². The van der Waals surface area contributed by atoms with E-state index >= 15 is 0 Å². The van der Waals surface area contributed by atoms with Crippen molar-refractivity contribution in [3.8, 4) is 0 Å². The lowest BCUT2D eigenvalue weighted by atomic mass is 9.89. The molecule has 0 radical (unpaired) electrons. The number of methoxy groups -OCH3 is 1. The zero-order chi connectivity index (χ0) is 16.8. The van der Waals surface area contributed by atoms with E-state index in [0.29, 0.717) is 13.0 Å². The van der Waals surface area contributed by atoms with Crippen LogP contribution in [0.15, 0.2) is 12.3 Å². The Morgan fingerprint density at radius 3 is 2.70 bits per heavy atom. The molecule has 0 N–H and O–H groups in total. The van der Waals surface area contributed by atoms with Gasteiger partial charge in [0.2, 0.25) is 5.91 Å². The summed E-state index contributed by atoms with van der Waals surface area (Å²) >= 11 is 0. The molecule has 9 heteroatoms. The number of amides is 1. The fraction of sp³-hybridized carbons (Fsp3) is 0.714. The molecule has 0 aromatic carbocycles. The third kappa shape index (κ3) is 2.51. The molecule has 23 heavy (non-hydrogen) atoms. The van der Waals surface area contributed by atoms with Gasteiger partial charge in [-0.3, -0.25) is 9.48 Å². The van der Waals surface area contributed by atoms with Gasteiger partial charge in [-0.1, -0.05) is 0 Å². The molecule has 6 nitrogen and oxygen atoms in total. The van der Waals surface area contributed by atoms with Crippen LogP contribution in [0.2, 0.25) is 0 Å². The fourth-order valence-electron chi connectivity index (χ4n) is 3.18. The Labute approximate surface area is 131 Å². The number of nitrogens with zero attached hydrogens (tertiary/aromatic N) is 3. The Morgan fingerprint density at radius 1 is 1.48 bits per heavy atom. The first-order valence-corrected chi connectivity index (χ1v) is 7.29. The second-order valence-corrected chi connectivity index (χ2v) is 5.96. The number of halogens is 3. The predicted octanol–water partition coefficient (Wildman–Crippen LogP) is 1.29. The molecule has 0 aliphatic carbocycles. The minimum Gasteiger partial charge on any atom is -0.371 e. The van der Waals surface area contributed by atoms with Crippen LogP contribution in [0, 0.1) is 5.92 Å². The van der Waals surface area contributed by atoms with Crippen molar-refractivity contribution in [2.75, 3.05) is 26.8 Å². The molecule has 2 aliphatic rings. The normalized spacial score (nSPS) is 27.1. The minimum atomic E-state index is -4.49. The Hall–Kier alpha value is -1.61. The maximum atomic E-state index is 13.0. The Balaban J connectivity index is 1.71. The van der Waals surface area contributed by atoms with Crippen LogP contribution in [0.1, 0.15) is 18.2 Å². The largest absolute Gasteiger partial charge is 0.420 e. The van der Waals surface area contributed by atoms with Crippen molar-refractivity contribution in [1.82, 2.24) is 14.7 Å². The van der Waals surface area contributed by atoms with Gasteiger partial charge in [-0.15, -0.1) is 0 Å². The minimum absolute atomic E-state index is 0.328. The van der Waals surface area contributed by atoms with Crippen LogP contribution in [-0.4, -0.2) is 59.2 Å². The Kier molecular flexibility index (Phi) is 3.88. The molecule has 2 atom stereocenters. The number of carbonyl (C=O) groups is 1. The van der Waals surface area contributed by atoms with Crippen molar-refractivity contribution in [2.24, 2.45) is 13.0 Å². The molecule has 0 unspecified atom stereocenters. The van der Waals surface area contributed by atoms with Gasteiger partial charge in [0, 0.05) is 27.0 Å². The van der Waals surface area contributed by atoms with E-state index in [1.165, 1.54) is 4.90 Å². The summed E-state index contributed by atoms with van der Waals surface area (Å²) in [6.07, 6.45) is -2.89. The van der Waals surface area contributed by atoms with Gasteiger partial charge in [0.1, 0.15) is 6.10 Å². The van der Waals surface area contributed by atoms with Gasteiger partial charge in [0.25, 0.3) is 0 Å². The van der Waals surface area contributed by atoms with Crippen LogP contribution in [0.25, 0.3) is 0 Å². The maximum Gasteiger partial charge on any atom is 0.420 e. The average Bonchev–Trinajstić information content (AvgIpc) is 3.04. The first kappa shape index (κ1) is 16.3. The van der Waals surface area contributed by atoms with Gasteiger partial charge < -0.3 is 14.4 Å². The van der Waals surface area contributed by atoms with E-state index in [9.17, 15) is 18.0 Å². The number of rotatable bonds is 3. The van der Waals surface area contributed by atoms with Gasteiger partial charge in [-0.2, -0.15) is 18.3 Å². The Morgan fingerprint density at radius 2 is 2.17 bits per heavy atom. The highest BCUT2D eigenvalue weighted by Gasteiger charge is 2.64. The summed E-state index contributed by atoms with van der Waals surface area (Å²) in [5.41, 5.74) is -1.50. The zero-order valence-corrected chi connectivity index (χ0v) is 12.8. The van der Waals surface area contributed by atoms with Crippen LogP contribution in [0.5, 0.6) is 0 Å². The van der Waals surface area contributed by atoms with Crippen molar-refractivity contribution in [3.63, 3.8) is 0 Å². The lowest BCUT2D eigenvalue weighted by Crippen LogP contribution is -2.71. The highest BCUT2D eigenvalue weighted by molar-refractivity contribution is 5.81. The number of carbonyl (C=O) groups excluding carboxylic acids is 1. The number of ether oxygens (including phenoxy) is 2. The topological polar surface area (TPSA) is 56.6 Å². The number of likely N-dealkylation sites (tertiary alicyclic amines) is 1. The zero-order valence-electron chi connectivity index (χ0n) is 12.8. The van der Waals surface area contributed by atoms with Crippen LogP contribution < -0.4 is 0 Å². The molecular formula is C14H18F3N3O3. The van der Waals surface area contributed by atoms with Gasteiger partial charge in [-0.25, -0.2) is 0 Å². The van der Waals surface area contributed by atoms with Crippen LogP contribution in [0.4, 0.5) is 13.2 Å². The van der Waals surface area contributed by atoms with E-state index in [1.54, 1.807) is 24.0 Å². The monoisotopic (exact) mass is 333 g/mol. The lowest BCUT2D eigenvalue weighted by molar-refractivity contribution is -0.307. The van der Waals surface area contributed by atoms with Crippen LogP contribution >= 0.6 is 0 Å². The molecular weight excluding hydrogens is 315 g/mol. The molecule has 2 fully saturated rings. The number of hydrogen-bond acceptors (Lipinski definition) is 4. The predicted molar refractivity (Wildman–Crippen MR) is 72.4 cm³/mol. The summed E-state index contributed by atoms with van der Waals surface area (Å²) in [6, 6.07) is 1.75. The van der Waals surface area contributed by atoms with Gasteiger partial charge in [0.15, 0.2) is 5.60 Å². The number of aryl methyl sites for hydroxylation is 1. The van der Waals surface area contributed by atoms with E-state index in [1.807, 2.05) is 0 Å². The summed E-state index contributed by atoms with van der Waals surface area (Å²) in [4.78, 5) is 13.8. The van der Waals surface area contributed by atoms with E-state index in [0.717, 1.165) is 12.8 Å². The second kappa shape index (κ2) is 5.48. The molecule has 2 aliphatic heterocycles. The molecule has 2 saturated heterocycles. The van der Waals surface area contributed by atoms with E-state index < -0.39 is 36.9 Å². The molecule has 128 valence electrons. The lowest BCUT2D eigenvalue weighted by Gasteiger charge is -2.50. The van der Waals surface area contributed by atoms with E-state index in [2.05, 4.69) is 9.84 Å². The van der Waals surface area contributed by atoms with Gasteiger partial charge in [0.05, 0.1) is 24.7 Å². The number of alkyl halides is 3.